The van der Waals surface area contributed by atoms with Gasteiger partial charge >= 0.3 is 0 Å². The van der Waals surface area contributed by atoms with Gasteiger partial charge in [0.05, 0.1) is 25.4 Å². The highest BCUT2D eigenvalue weighted by Crippen LogP contribution is 2.19. The number of hydrogen-bond donors (Lipinski definition) is 0. The molecule has 0 saturated carbocycles. The van der Waals surface area contributed by atoms with E-state index in [1.54, 1.807) is 0 Å². The normalized spacial score (nSPS) is 15.6. The summed E-state index contributed by atoms with van der Waals surface area (Å²) in [5, 5.41) is 0. The largest absolute Gasteiger partial charge is 0.376 e. The second-order valence-electron chi connectivity index (χ2n) is 8.19. The van der Waals surface area contributed by atoms with E-state index in [1.807, 2.05) is 34.6 Å². The maximum atomic E-state index is 11.7. The van der Waals surface area contributed by atoms with Crippen LogP contribution in [0.15, 0.2) is 0 Å². The molecule has 0 amide bonds. The Labute approximate surface area is 136 Å². The highest BCUT2D eigenvalue weighted by atomic mass is 16.6. The number of ketones is 1. The number of hydrogen-bond acceptors (Lipinski definition) is 4. The zero-order chi connectivity index (χ0) is 17.4. The van der Waals surface area contributed by atoms with Crippen LogP contribution in [0.5, 0.6) is 0 Å². The van der Waals surface area contributed by atoms with E-state index in [2.05, 4.69) is 20.8 Å². The SMILES string of the molecule is C[C@@H](OCCOCC(=O)C(C)(C)C)[C@@H](C)OCCC(C)(C)C. The molecule has 0 bridgehead atoms. The molecule has 0 saturated heterocycles. The standard InChI is InChI=1S/C18H36O4/c1-14(21-10-9-17(3,4)5)15(2)22-12-11-20-13-16(19)18(6,7)8/h14-15H,9-13H2,1-8H3/t14-,15-/m1/s1. The second kappa shape index (κ2) is 9.64. The summed E-state index contributed by atoms with van der Waals surface area (Å²) in [6.07, 6.45) is 1.10. The molecule has 0 heterocycles. The van der Waals surface area contributed by atoms with Crippen LogP contribution in [0.1, 0.15) is 61.8 Å². The van der Waals surface area contributed by atoms with E-state index in [4.69, 9.17) is 14.2 Å². The van der Waals surface area contributed by atoms with Crippen molar-refractivity contribution < 1.29 is 19.0 Å². The molecule has 0 fully saturated rings. The minimum absolute atomic E-state index is 0.0156. The number of carbonyl (C=O) groups is 1. The van der Waals surface area contributed by atoms with E-state index >= 15 is 0 Å². The summed E-state index contributed by atoms with van der Waals surface area (Å²) in [7, 11) is 0. The van der Waals surface area contributed by atoms with Gasteiger partial charge in [0.25, 0.3) is 0 Å². The third-order valence-corrected chi connectivity index (χ3v) is 3.57. The van der Waals surface area contributed by atoms with Crippen LogP contribution in [0.3, 0.4) is 0 Å². The van der Waals surface area contributed by atoms with Crippen molar-refractivity contribution >= 4 is 5.78 Å². The van der Waals surface area contributed by atoms with Gasteiger partial charge in [-0.15, -0.1) is 0 Å². The lowest BCUT2D eigenvalue weighted by atomic mass is 9.91. The molecule has 0 radical (unpaired) electrons. The van der Waals surface area contributed by atoms with Crippen molar-refractivity contribution in [2.75, 3.05) is 26.4 Å². The first-order valence-electron chi connectivity index (χ1n) is 8.28. The number of carbonyl (C=O) groups excluding carboxylic acids is 1. The Morgan fingerprint density at radius 1 is 0.864 bits per heavy atom. The van der Waals surface area contributed by atoms with Crippen LogP contribution < -0.4 is 0 Å². The quantitative estimate of drug-likeness (QED) is 0.574. The first-order chi connectivity index (χ1) is 9.93. The van der Waals surface area contributed by atoms with Crippen LogP contribution in [0.25, 0.3) is 0 Å². The molecule has 0 aliphatic rings. The first-order valence-corrected chi connectivity index (χ1v) is 8.28. The van der Waals surface area contributed by atoms with Crippen molar-refractivity contribution in [3.05, 3.63) is 0 Å². The Morgan fingerprint density at radius 3 is 1.82 bits per heavy atom. The number of ether oxygens (including phenoxy) is 3. The third kappa shape index (κ3) is 11.2. The molecule has 0 aromatic rings. The van der Waals surface area contributed by atoms with Crippen molar-refractivity contribution in [3.63, 3.8) is 0 Å². The molecule has 4 heteroatoms. The van der Waals surface area contributed by atoms with Gasteiger partial charge in [0, 0.05) is 12.0 Å². The van der Waals surface area contributed by atoms with Crippen LogP contribution in [0.4, 0.5) is 0 Å². The fourth-order valence-electron chi connectivity index (χ4n) is 1.50. The lowest BCUT2D eigenvalue weighted by Crippen LogP contribution is -2.29. The average molecular weight is 316 g/mol. The summed E-state index contributed by atoms with van der Waals surface area (Å²) in [4.78, 5) is 11.7. The third-order valence-electron chi connectivity index (χ3n) is 3.57. The molecule has 0 aromatic carbocycles. The molecule has 0 rings (SSSR count). The van der Waals surface area contributed by atoms with Gasteiger partial charge in [0.2, 0.25) is 0 Å². The molecule has 4 nitrogen and oxygen atoms in total. The Hall–Kier alpha value is -0.450. The smallest absolute Gasteiger partial charge is 0.163 e. The second-order valence-corrected chi connectivity index (χ2v) is 8.19. The van der Waals surface area contributed by atoms with Gasteiger partial charge in [-0.05, 0) is 25.7 Å². The monoisotopic (exact) mass is 316 g/mol. The molecule has 22 heavy (non-hydrogen) atoms. The van der Waals surface area contributed by atoms with Gasteiger partial charge in [0.15, 0.2) is 5.78 Å². The Balaban J connectivity index is 3.72. The Kier molecular flexibility index (Phi) is 9.44. The van der Waals surface area contributed by atoms with Gasteiger partial charge in [-0.2, -0.15) is 0 Å². The van der Waals surface area contributed by atoms with E-state index in [-0.39, 0.29) is 35.4 Å². The van der Waals surface area contributed by atoms with Crippen molar-refractivity contribution in [3.8, 4) is 0 Å². The van der Waals surface area contributed by atoms with Crippen LogP contribution in [0, 0.1) is 10.8 Å². The van der Waals surface area contributed by atoms with Crippen molar-refractivity contribution in [1.29, 1.82) is 0 Å². The van der Waals surface area contributed by atoms with Gasteiger partial charge in [-0.1, -0.05) is 41.5 Å². The Morgan fingerprint density at radius 2 is 1.36 bits per heavy atom. The molecule has 0 unspecified atom stereocenters. The van der Waals surface area contributed by atoms with Crippen molar-refractivity contribution in [2.45, 2.75) is 74.0 Å². The lowest BCUT2D eigenvalue weighted by molar-refractivity contribution is -0.132. The van der Waals surface area contributed by atoms with E-state index in [9.17, 15) is 4.79 Å². The molecule has 0 aromatic heterocycles. The fourth-order valence-corrected chi connectivity index (χ4v) is 1.50. The van der Waals surface area contributed by atoms with Gasteiger partial charge in [-0.25, -0.2) is 0 Å². The topological polar surface area (TPSA) is 44.8 Å². The fraction of sp³-hybridized carbons (Fsp3) is 0.944. The molecule has 0 N–H and O–H groups in total. The highest BCUT2D eigenvalue weighted by Gasteiger charge is 2.21. The van der Waals surface area contributed by atoms with Gasteiger partial charge in [0.1, 0.15) is 6.61 Å². The van der Waals surface area contributed by atoms with Crippen LogP contribution in [-0.4, -0.2) is 44.4 Å². The summed E-state index contributed by atoms with van der Waals surface area (Å²) in [5.41, 5.74) is -0.0548. The molecule has 2 atom stereocenters. The van der Waals surface area contributed by atoms with E-state index in [1.165, 1.54) is 0 Å². The zero-order valence-electron chi connectivity index (χ0n) is 15.8. The summed E-state index contributed by atoms with van der Waals surface area (Å²) in [5.74, 6) is 0.111. The summed E-state index contributed by atoms with van der Waals surface area (Å²) < 4.78 is 16.9. The Bertz CT molecular complexity index is 312. The first kappa shape index (κ1) is 21.6. The number of rotatable bonds is 10. The van der Waals surface area contributed by atoms with Crippen LogP contribution in [-0.2, 0) is 19.0 Å². The maximum absolute atomic E-state index is 11.7. The van der Waals surface area contributed by atoms with Crippen molar-refractivity contribution in [2.24, 2.45) is 10.8 Å². The van der Waals surface area contributed by atoms with Crippen LogP contribution in [0.2, 0.25) is 0 Å². The molecule has 0 spiro atoms. The van der Waals surface area contributed by atoms with Gasteiger partial charge in [-0.3, -0.25) is 4.79 Å². The van der Waals surface area contributed by atoms with E-state index in [0.717, 1.165) is 13.0 Å². The predicted molar refractivity (Wildman–Crippen MR) is 90.2 cm³/mol. The summed E-state index contributed by atoms with van der Waals surface area (Å²) in [6, 6.07) is 0. The van der Waals surface area contributed by atoms with Crippen molar-refractivity contribution in [1.82, 2.24) is 0 Å². The molecular weight excluding hydrogens is 280 g/mol. The predicted octanol–water partition coefficient (Wildman–Crippen LogP) is 3.86. The summed E-state index contributed by atoms with van der Waals surface area (Å²) >= 11 is 0. The van der Waals surface area contributed by atoms with E-state index in [0.29, 0.717) is 13.2 Å². The maximum Gasteiger partial charge on any atom is 0.163 e. The highest BCUT2D eigenvalue weighted by molar-refractivity contribution is 5.84. The zero-order valence-corrected chi connectivity index (χ0v) is 15.8. The molecular formula is C18H36O4. The average Bonchev–Trinajstić information content (AvgIpc) is 2.34. The van der Waals surface area contributed by atoms with Crippen LogP contribution >= 0.6 is 0 Å². The minimum Gasteiger partial charge on any atom is -0.376 e. The molecule has 0 aliphatic heterocycles. The van der Waals surface area contributed by atoms with Gasteiger partial charge < -0.3 is 14.2 Å². The molecule has 132 valence electrons. The van der Waals surface area contributed by atoms with E-state index < -0.39 is 0 Å². The molecule has 0 aliphatic carbocycles. The lowest BCUT2D eigenvalue weighted by Gasteiger charge is -2.24. The summed E-state index contributed by atoms with van der Waals surface area (Å²) in [6.45, 7) is 18.1. The number of Topliss-reactive ketones (excluding diaryl/α,β-unsaturated/α-hetero) is 1. The minimum atomic E-state index is -0.344.